The van der Waals surface area contributed by atoms with E-state index in [1.54, 1.807) is 27.4 Å². The second-order valence-electron chi connectivity index (χ2n) is 34.7. The van der Waals surface area contributed by atoms with Gasteiger partial charge in [0.15, 0.2) is 0 Å². The highest BCUT2D eigenvalue weighted by molar-refractivity contribution is 6.26. The van der Waals surface area contributed by atoms with Crippen LogP contribution in [0.5, 0.6) is 0 Å². The molecule has 0 unspecified atom stereocenters. The molecular weight excluding hydrogens is 1690 g/mol. The van der Waals surface area contributed by atoms with Crippen LogP contribution in [0.15, 0.2) is 514 Å². The van der Waals surface area contributed by atoms with Crippen LogP contribution in [0.4, 0.5) is 0 Å². The van der Waals surface area contributed by atoms with Crippen molar-refractivity contribution in [2.75, 3.05) is 0 Å². The summed E-state index contributed by atoms with van der Waals surface area (Å²) in [5, 5.41) is 8.15. The fourth-order valence-corrected chi connectivity index (χ4v) is 20.4. The first-order valence-electron chi connectivity index (χ1n) is 46.0. The Morgan fingerprint density at radius 1 is 0.109 bits per heavy atom. The van der Waals surface area contributed by atoms with E-state index in [9.17, 15) is 19.2 Å². The molecule has 650 valence electrons. The Bertz CT molecular complexity index is 8910. The Morgan fingerprint density at radius 2 is 0.254 bits per heavy atom. The minimum absolute atomic E-state index is 0.0925. The summed E-state index contributed by atoms with van der Waals surface area (Å²) in [4.78, 5) is 87.9. The average molecular weight is 1770 g/mol. The topological polar surface area (TPSA) is 132 Å². The molecule has 0 bridgehead atoms. The molecule has 0 spiro atoms. The summed E-state index contributed by atoms with van der Waals surface area (Å²) >= 11 is 0. The van der Waals surface area contributed by atoms with Gasteiger partial charge in [0.1, 0.15) is 0 Å². The van der Waals surface area contributed by atoms with Gasteiger partial charge in [-0.3, -0.25) is 56.2 Å². The molecule has 0 atom stereocenters. The van der Waals surface area contributed by atoms with E-state index >= 15 is 9.59 Å². The van der Waals surface area contributed by atoms with Crippen molar-refractivity contribution >= 4 is 97.7 Å². The molecular formula is C126H80N6O6. The van der Waals surface area contributed by atoms with E-state index in [0.717, 1.165) is 166 Å². The van der Waals surface area contributed by atoms with Crippen molar-refractivity contribution in [3.8, 4) is 123 Å². The minimum Gasteiger partial charge on any atom is -0.276 e. The van der Waals surface area contributed by atoms with Crippen molar-refractivity contribution in [1.82, 2.24) is 27.4 Å². The van der Waals surface area contributed by atoms with E-state index in [1.807, 2.05) is 340 Å². The zero-order valence-electron chi connectivity index (χ0n) is 74.3. The Balaban J connectivity index is 0.000000123. The third kappa shape index (κ3) is 14.3. The molecule has 26 rings (SSSR count). The lowest BCUT2D eigenvalue weighted by Gasteiger charge is -2.22. The fraction of sp³-hybridized carbons (Fsp3) is 0. The van der Waals surface area contributed by atoms with Crippen LogP contribution in [-0.4, -0.2) is 27.4 Å². The number of hydrogen-bond donors (Lipinski definition) is 0. The normalized spacial score (nSPS) is 11.5. The maximum absolute atomic E-state index is 15.7. The largest absolute Gasteiger partial charge is 0.276 e. The third-order valence-electron chi connectivity index (χ3n) is 26.6. The average Bonchev–Trinajstić information content (AvgIpc) is 0.701. The van der Waals surface area contributed by atoms with Crippen molar-refractivity contribution < 1.29 is 0 Å². The zero-order chi connectivity index (χ0) is 92.6. The molecule has 6 heterocycles. The molecule has 0 aliphatic heterocycles. The second-order valence-corrected chi connectivity index (χ2v) is 34.7. The van der Waals surface area contributed by atoms with Gasteiger partial charge in [-0.15, -0.1) is 0 Å². The van der Waals surface area contributed by atoms with E-state index in [1.165, 1.54) is 0 Å². The van der Waals surface area contributed by atoms with Crippen molar-refractivity contribution in [2.45, 2.75) is 0 Å². The molecule has 0 fully saturated rings. The highest BCUT2D eigenvalue weighted by Crippen LogP contribution is 2.45. The van der Waals surface area contributed by atoms with Gasteiger partial charge in [0.05, 0.1) is 65.4 Å². The molecule has 0 aliphatic carbocycles. The summed E-state index contributed by atoms with van der Waals surface area (Å²) in [6, 6.07) is 160. The Kier molecular flexibility index (Phi) is 20.6. The smallest absolute Gasteiger partial charge is 0.263 e. The molecule has 0 radical (unpaired) electrons. The third-order valence-corrected chi connectivity index (χ3v) is 26.6. The molecule has 20 aromatic carbocycles. The number of para-hydroxylation sites is 6. The van der Waals surface area contributed by atoms with Gasteiger partial charge < -0.3 is 0 Å². The van der Waals surface area contributed by atoms with Gasteiger partial charge in [-0.25, -0.2) is 0 Å². The van der Waals surface area contributed by atoms with E-state index < -0.39 is 0 Å². The Hall–Kier alpha value is -18.8. The number of aromatic nitrogens is 6. The highest BCUT2D eigenvalue weighted by Gasteiger charge is 2.29. The predicted octanol–water partition coefficient (Wildman–Crippen LogP) is 28.0. The molecule has 0 N–H and O–H groups in total. The van der Waals surface area contributed by atoms with Crippen LogP contribution in [0.3, 0.4) is 0 Å². The van der Waals surface area contributed by atoms with E-state index in [4.69, 9.17) is 0 Å². The number of hydrogen-bond acceptors (Lipinski definition) is 6. The Morgan fingerprint density at radius 3 is 0.449 bits per heavy atom. The van der Waals surface area contributed by atoms with Gasteiger partial charge in [0.2, 0.25) is 0 Å². The van der Waals surface area contributed by atoms with Crippen molar-refractivity contribution in [1.29, 1.82) is 0 Å². The van der Waals surface area contributed by atoms with Gasteiger partial charge in [-0.1, -0.05) is 303 Å². The SMILES string of the molecule is O=c1c2cc(-c3cc(-c4ccccc4)cc(-c4ccccc4)c3)cc3c2c2c(cc(-c4cc(-c5ccccc5)cc(-c5ccccc5)c4)cc2n1-c1ccccc1)c(=O)n3-c1ccccc1.O=c1c2cc(-c3ccccc3)cc3c2c2c(cc(-c4ccccc4)cc2n1-c1ccccc1)c(=O)n3-c1ccccc1.O=c1c2cccc3c2c2c(cccc2n1-c1ccccc1)c(=O)n3-c1ccccc1. The van der Waals surface area contributed by atoms with Crippen LogP contribution < -0.4 is 33.4 Å². The summed E-state index contributed by atoms with van der Waals surface area (Å²) in [6.07, 6.45) is 0. The van der Waals surface area contributed by atoms with Crippen molar-refractivity contribution in [3.63, 3.8) is 0 Å². The number of rotatable bonds is 14. The number of nitrogens with zero attached hydrogens (tertiary/aromatic N) is 6. The quantitative estimate of drug-likeness (QED) is 0.0996. The molecule has 138 heavy (non-hydrogen) atoms. The molecule has 0 saturated heterocycles. The maximum atomic E-state index is 15.7. The molecule has 0 aliphatic rings. The first-order valence-corrected chi connectivity index (χ1v) is 46.0. The van der Waals surface area contributed by atoms with Crippen LogP contribution in [0.2, 0.25) is 0 Å². The van der Waals surface area contributed by atoms with Crippen molar-refractivity contribution in [3.05, 3.63) is 547 Å². The first kappa shape index (κ1) is 82.4. The van der Waals surface area contributed by atoms with Crippen LogP contribution >= 0.6 is 0 Å². The monoisotopic (exact) mass is 1770 g/mol. The maximum Gasteiger partial charge on any atom is 0.263 e. The van der Waals surface area contributed by atoms with Crippen LogP contribution in [-0.2, 0) is 0 Å². The molecule has 0 amide bonds. The van der Waals surface area contributed by atoms with Crippen LogP contribution in [0.1, 0.15) is 0 Å². The Labute approximate surface area is 790 Å². The molecule has 0 saturated carbocycles. The first-order chi connectivity index (χ1) is 68.0. The van der Waals surface area contributed by atoms with E-state index in [-0.39, 0.29) is 33.4 Å². The summed E-state index contributed by atoms with van der Waals surface area (Å²) in [7, 11) is 0. The highest BCUT2D eigenvalue weighted by atomic mass is 16.2. The van der Waals surface area contributed by atoms with Crippen LogP contribution in [0.25, 0.3) is 221 Å². The predicted molar refractivity (Wildman–Crippen MR) is 568 cm³/mol. The van der Waals surface area contributed by atoms with Gasteiger partial charge in [-0.2, -0.15) is 0 Å². The van der Waals surface area contributed by atoms with Gasteiger partial charge >= 0.3 is 0 Å². The molecule has 12 heteroatoms. The molecule has 12 nitrogen and oxygen atoms in total. The summed E-state index contributed by atoms with van der Waals surface area (Å²) < 4.78 is 10.5. The van der Waals surface area contributed by atoms with Gasteiger partial charge in [-0.05, 0) is 271 Å². The standard InChI is InChI=1S/C62H40N2O2.C38H24N2O2.C26H16N2O2/c65-61-55-37-51(49-33-45(41-19-7-1-8-20-41)31-46(34-49)42-21-9-2-10-22-42)39-57-59(55)60-56(62(66)63(57)53-27-15-5-16-28-53)38-52(40-58(60)64(61)54-29-17-6-18-30-54)50-35-47(43-23-11-3-12-24-43)32-48(36-50)44-25-13-4-14-26-44;41-37-31-21-27(25-13-5-1-6-14-25)23-33-35(31)36-32(38(42)39(33)29-17-9-3-10-18-29)22-28(26-15-7-2-8-16-26)24-34(36)40(37)30-19-11-4-12-20-30;29-25-19-13-8-16-22-24(19)23-20(26(30)28(22)18-11-5-2-6-12-18)14-7-15-21(23)27(25)17-9-3-1-4-10-17/h1-40H;1-24H;1-16H. The molecule has 6 aromatic heterocycles. The number of pyridine rings is 6. The van der Waals surface area contributed by atoms with Gasteiger partial charge in [0, 0.05) is 66.4 Å². The van der Waals surface area contributed by atoms with E-state index in [2.05, 4.69) is 146 Å². The molecule has 26 aromatic rings. The van der Waals surface area contributed by atoms with Gasteiger partial charge in [0.25, 0.3) is 33.4 Å². The lowest BCUT2D eigenvalue weighted by atomic mass is 9.89. The fourth-order valence-electron chi connectivity index (χ4n) is 20.4. The van der Waals surface area contributed by atoms with Crippen molar-refractivity contribution in [2.24, 2.45) is 0 Å². The zero-order valence-corrected chi connectivity index (χ0v) is 74.3. The second kappa shape index (κ2) is 34.4. The van der Waals surface area contributed by atoms with E-state index in [0.29, 0.717) is 54.4 Å². The lowest BCUT2D eigenvalue weighted by Crippen LogP contribution is -2.24. The summed E-state index contributed by atoms with van der Waals surface area (Å²) in [6.45, 7) is 0. The van der Waals surface area contributed by atoms with Crippen LogP contribution in [0, 0.1) is 0 Å². The number of benzene rings is 20. The summed E-state index contributed by atoms with van der Waals surface area (Å²) in [5.41, 5.74) is 23.8. The minimum atomic E-state index is -0.164. The summed E-state index contributed by atoms with van der Waals surface area (Å²) in [5.74, 6) is 0. The lowest BCUT2D eigenvalue weighted by molar-refractivity contribution is 1.04.